The average Bonchev–Trinajstić information content (AvgIpc) is 2.42. The number of aliphatic hydroxyl groups is 1. The summed E-state index contributed by atoms with van der Waals surface area (Å²) in [6.07, 6.45) is -0.743. The van der Waals surface area contributed by atoms with Crippen LogP contribution in [0.2, 0.25) is 5.02 Å². The topological polar surface area (TPSA) is 29.5 Å². The first-order chi connectivity index (χ1) is 9.13. The third kappa shape index (κ3) is 3.09. The molecule has 0 fully saturated rings. The predicted molar refractivity (Wildman–Crippen MR) is 77.9 cm³/mol. The Morgan fingerprint density at radius 3 is 2.68 bits per heavy atom. The van der Waals surface area contributed by atoms with Crippen molar-refractivity contribution >= 4 is 11.6 Å². The summed E-state index contributed by atoms with van der Waals surface area (Å²) in [5.41, 5.74) is 2.45. The van der Waals surface area contributed by atoms with Gasteiger partial charge in [-0.05, 0) is 37.1 Å². The Morgan fingerprint density at radius 1 is 1.21 bits per heavy atom. The molecule has 0 aromatic heterocycles. The van der Waals surface area contributed by atoms with Crippen LogP contribution in [0.3, 0.4) is 0 Å². The maximum Gasteiger partial charge on any atom is 0.119 e. The van der Waals surface area contributed by atoms with Gasteiger partial charge in [-0.3, -0.25) is 0 Å². The molecule has 2 aromatic carbocycles. The molecule has 2 nitrogen and oxygen atoms in total. The standard InChI is InChI=1S/C16H17ClO2/c1-3-19-13-8-5-7-12(10-13)16(18)14-9-4-6-11(2)15(14)17/h4-10,16,18H,3H2,1-2H3. The molecular formula is C16H17ClO2. The molecule has 0 heterocycles. The van der Waals surface area contributed by atoms with Crippen molar-refractivity contribution in [1.29, 1.82) is 0 Å². The lowest BCUT2D eigenvalue weighted by Gasteiger charge is -2.15. The summed E-state index contributed by atoms with van der Waals surface area (Å²) in [6, 6.07) is 13.1. The van der Waals surface area contributed by atoms with Crippen molar-refractivity contribution in [2.75, 3.05) is 6.61 Å². The minimum absolute atomic E-state index is 0.602. The summed E-state index contributed by atoms with van der Waals surface area (Å²) >= 11 is 6.25. The molecule has 2 aromatic rings. The molecule has 3 heteroatoms. The van der Waals surface area contributed by atoms with Gasteiger partial charge in [0.2, 0.25) is 0 Å². The van der Waals surface area contributed by atoms with Gasteiger partial charge in [0.15, 0.2) is 0 Å². The lowest BCUT2D eigenvalue weighted by Crippen LogP contribution is -2.02. The van der Waals surface area contributed by atoms with E-state index in [9.17, 15) is 5.11 Å². The maximum atomic E-state index is 10.4. The van der Waals surface area contributed by atoms with Crippen LogP contribution in [0.4, 0.5) is 0 Å². The van der Waals surface area contributed by atoms with Crippen LogP contribution in [-0.2, 0) is 0 Å². The van der Waals surface area contributed by atoms with E-state index in [0.717, 1.165) is 22.4 Å². The molecule has 1 atom stereocenters. The van der Waals surface area contributed by atoms with E-state index >= 15 is 0 Å². The Kier molecular flexibility index (Phi) is 4.46. The molecule has 0 amide bonds. The van der Waals surface area contributed by atoms with Gasteiger partial charge in [-0.25, -0.2) is 0 Å². The van der Waals surface area contributed by atoms with Gasteiger partial charge in [0, 0.05) is 10.6 Å². The lowest BCUT2D eigenvalue weighted by molar-refractivity contribution is 0.219. The molecule has 0 bridgehead atoms. The zero-order valence-electron chi connectivity index (χ0n) is 11.1. The van der Waals surface area contributed by atoms with Crippen molar-refractivity contribution in [1.82, 2.24) is 0 Å². The van der Waals surface area contributed by atoms with E-state index in [4.69, 9.17) is 16.3 Å². The summed E-state index contributed by atoms with van der Waals surface area (Å²) in [5, 5.41) is 11.1. The Labute approximate surface area is 118 Å². The zero-order valence-corrected chi connectivity index (χ0v) is 11.8. The fourth-order valence-electron chi connectivity index (χ4n) is 2.00. The molecular weight excluding hydrogens is 260 g/mol. The van der Waals surface area contributed by atoms with Crippen LogP contribution in [0.5, 0.6) is 5.75 Å². The molecule has 0 saturated carbocycles. The third-order valence-electron chi connectivity index (χ3n) is 3.00. The van der Waals surface area contributed by atoms with Crippen molar-refractivity contribution in [2.45, 2.75) is 20.0 Å². The third-order valence-corrected chi connectivity index (χ3v) is 3.52. The van der Waals surface area contributed by atoms with Gasteiger partial charge in [-0.1, -0.05) is 41.9 Å². The number of aliphatic hydroxyl groups excluding tert-OH is 1. The summed E-state index contributed by atoms with van der Waals surface area (Å²) < 4.78 is 5.44. The normalized spacial score (nSPS) is 12.2. The SMILES string of the molecule is CCOc1cccc(C(O)c2cccc(C)c2Cl)c1. The van der Waals surface area contributed by atoms with Crippen molar-refractivity contribution < 1.29 is 9.84 Å². The minimum atomic E-state index is -0.743. The average molecular weight is 277 g/mol. The molecule has 0 aliphatic rings. The van der Waals surface area contributed by atoms with E-state index in [1.54, 1.807) is 0 Å². The highest BCUT2D eigenvalue weighted by Gasteiger charge is 2.15. The highest BCUT2D eigenvalue weighted by atomic mass is 35.5. The Bertz CT molecular complexity index is 566. The number of benzene rings is 2. The highest BCUT2D eigenvalue weighted by Crippen LogP contribution is 2.31. The fraction of sp³-hybridized carbons (Fsp3) is 0.250. The quantitative estimate of drug-likeness (QED) is 0.910. The molecule has 0 aliphatic carbocycles. The van der Waals surface area contributed by atoms with Crippen molar-refractivity contribution in [3.05, 3.63) is 64.2 Å². The molecule has 100 valence electrons. The molecule has 19 heavy (non-hydrogen) atoms. The predicted octanol–water partition coefficient (Wildman–Crippen LogP) is 4.13. The first-order valence-electron chi connectivity index (χ1n) is 6.29. The van der Waals surface area contributed by atoms with Gasteiger partial charge in [0.05, 0.1) is 6.61 Å². The fourth-order valence-corrected chi connectivity index (χ4v) is 2.23. The van der Waals surface area contributed by atoms with Crippen LogP contribution in [0.25, 0.3) is 0 Å². The monoisotopic (exact) mass is 276 g/mol. The summed E-state index contributed by atoms with van der Waals surface area (Å²) in [5.74, 6) is 0.753. The number of aryl methyl sites for hydroxylation is 1. The van der Waals surface area contributed by atoms with E-state index < -0.39 is 6.10 Å². The number of ether oxygens (including phenoxy) is 1. The second-order valence-electron chi connectivity index (χ2n) is 4.39. The van der Waals surface area contributed by atoms with Crippen molar-refractivity contribution in [2.24, 2.45) is 0 Å². The van der Waals surface area contributed by atoms with Crippen LogP contribution in [-0.4, -0.2) is 11.7 Å². The van der Waals surface area contributed by atoms with Crippen molar-refractivity contribution in [3.8, 4) is 5.75 Å². The molecule has 1 N–H and O–H groups in total. The van der Waals surface area contributed by atoms with Gasteiger partial charge in [0.1, 0.15) is 11.9 Å². The van der Waals surface area contributed by atoms with Crippen LogP contribution < -0.4 is 4.74 Å². The van der Waals surface area contributed by atoms with Gasteiger partial charge < -0.3 is 9.84 Å². The number of hydrogen-bond acceptors (Lipinski definition) is 2. The van der Waals surface area contributed by atoms with E-state index in [0.29, 0.717) is 11.6 Å². The minimum Gasteiger partial charge on any atom is -0.494 e. The van der Waals surface area contributed by atoms with Crippen LogP contribution in [0, 0.1) is 6.92 Å². The van der Waals surface area contributed by atoms with E-state index in [2.05, 4.69) is 0 Å². The van der Waals surface area contributed by atoms with Gasteiger partial charge in [0.25, 0.3) is 0 Å². The summed E-state index contributed by atoms with van der Waals surface area (Å²) in [7, 11) is 0. The number of rotatable bonds is 4. The molecule has 0 spiro atoms. The summed E-state index contributed by atoms with van der Waals surface area (Å²) in [4.78, 5) is 0. The number of halogens is 1. The van der Waals surface area contributed by atoms with E-state index in [1.165, 1.54) is 0 Å². The second kappa shape index (κ2) is 6.09. The molecule has 1 unspecified atom stereocenters. The van der Waals surface area contributed by atoms with Crippen LogP contribution >= 0.6 is 11.6 Å². The lowest BCUT2D eigenvalue weighted by atomic mass is 10.00. The van der Waals surface area contributed by atoms with Gasteiger partial charge in [-0.2, -0.15) is 0 Å². The number of hydrogen-bond donors (Lipinski definition) is 1. The maximum absolute atomic E-state index is 10.4. The summed E-state index contributed by atoms with van der Waals surface area (Å²) in [6.45, 7) is 4.46. The highest BCUT2D eigenvalue weighted by molar-refractivity contribution is 6.32. The molecule has 0 saturated heterocycles. The van der Waals surface area contributed by atoms with Crippen LogP contribution in [0.1, 0.15) is 29.7 Å². The smallest absolute Gasteiger partial charge is 0.119 e. The first-order valence-corrected chi connectivity index (χ1v) is 6.67. The zero-order chi connectivity index (χ0) is 13.8. The Morgan fingerprint density at radius 2 is 1.95 bits per heavy atom. The van der Waals surface area contributed by atoms with Gasteiger partial charge in [-0.15, -0.1) is 0 Å². The van der Waals surface area contributed by atoms with E-state index in [1.807, 2.05) is 56.3 Å². The Hall–Kier alpha value is -1.51. The Balaban J connectivity index is 2.35. The van der Waals surface area contributed by atoms with Crippen molar-refractivity contribution in [3.63, 3.8) is 0 Å². The molecule has 2 rings (SSSR count). The molecule has 0 aliphatic heterocycles. The second-order valence-corrected chi connectivity index (χ2v) is 4.76. The van der Waals surface area contributed by atoms with E-state index in [-0.39, 0.29) is 0 Å². The van der Waals surface area contributed by atoms with Crippen LogP contribution in [0.15, 0.2) is 42.5 Å². The first kappa shape index (κ1) is 13.9. The van der Waals surface area contributed by atoms with Gasteiger partial charge >= 0.3 is 0 Å². The largest absolute Gasteiger partial charge is 0.494 e. The molecule has 0 radical (unpaired) electrons.